The number of nitrogens with one attached hydrogen (secondary N) is 1. The maximum absolute atomic E-state index is 5.47. The topological polar surface area (TPSA) is 47.0 Å². The van der Waals surface area contributed by atoms with E-state index < -0.39 is 0 Å². The van der Waals surface area contributed by atoms with Crippen molar-refractivity contribution in [3.63, 3.8) is 0 Å². The number of rotatable bonds is 4. The molecule has 3 rings (SSSR count). The van der Waals surface area contributed by atoms with Gasteiger partial charge in [-0.2, -0.15) is 0 Å². The zero-order chi connectivity index (χ0) is 14.1. The molecule has 104 valence electrons. The largest absolute Gasteiger partial charge is 0.496 e. The van der Waals surface area contributed by atoms with Gasteiger partial charge in [0, 0.05) is 24.7 Å². The summed E-state index contributed by atoms with van der Waals surface area (Å²) in [4.78, 5) is 9.29. The van der Waals surface area contributed by atoms with Crippen LogP contribution in [-0.4, -0.2) is 24.1 Å². The van der Waals surface area contributed by atoms with Crippen LogP contribution in [0.3, 0.4) is 0 Å². The molecule has 1 aliphatic rings. The van der Waals surface area contributed by atoms with Gasteiger partial charge >= 0.3 is 0 Å². The summed E-state index contributed by atoms with van der Waals surface area (Å²) in [7, 11) is 3.57. The fourth-order valence-corrected chi connectivity index (χ4v) is 2.29. The van der Waals surface area contributed by atoms with E-state index >= 15 is 0 Å². The van der Waals surface area contributed by atoms with Crippen LogP contribution in [0.5, 0.6) is 5.75 Å². The van der Waals surface area contributed by atoms with Gasteiger partial charge < -0.3 is 10.1 Å². The first-order valence-corrected chi connectivity index (χ1v) is 6.93. The van der Waals surface area contributed by atoms with Crippen molar-refractivity contribution in [1.29, 1.82) is 0 Å². The molecule has 0 atom stereocenters. The Balaban J connectivity index is 2.11. The highest BCUT2D eigenvalue weighted by molar-refractivity contribution is 5.66. The van der Waals surface area contributed by atoms with Crippen molar-refractivity contribution in [1.82, 2.24) is 9.97 Å². The number of methoxy groups -OCH3 is 1. The number of benzene rings is 1. The Morgan fingerprint density at radius 1 is 1.20 bits per heavy atom. The van der Waals surface area contributed by atoms with Crippen LogP contribution >= 0.6 is 0 Å². The Labute approximate surface area is 119 Å². The molecule has 1 aliphatic carbocycles. The van der Waals surface area contributed by atoms with Crippen molar-refractivity contribution >= 4 is 5.82 Å². The molecular weight excluding hydrogens is 250 g/mol. The van der Waals surface area contributed by atoms with E-state index in [1.807, 2.05) is 32.2 Å². The first-order valence-electron chi connectivity index (χ1n) is 6.93. The minimum atomic E-state index is 0.597. The van der Waals surface area contributed by atoms with Crippen LogP contribution in [-0.2, 0) is 0 Å². The summed E-state index contributed by atoms with van der Waals surface area (Å²) in [5.41, 5.74) is 3.23. The summed E-state index contributed by atoms with van der Waals surface area (Å²) in [6.07, 6.45) is 2.45. The van der Waals surface area contributed by atoms with Crippen molar-refractivity contribution < 1.29 is 4.74 Å². The van der Waals surface area contributed by atoms with Gasteiger partial charge in [-0.25, -0.2) is 9.97 Å². The summed E-state index contributed by atoms with van der Waals surface area (Å²) in [5.74, 6) is 3.01. The van der Waals surface area contributed by atoms with Crippen LogP contribution in [0.25, 0.3) is 11.4 Å². The number of hydrogen-bond donors (Lipinski definition) is 1. The van der Waals surface area contributed by atoms with Gasteiger partial charge in [0.15, 0.2) is 5.82 Å². The first-order chi connectivity index (χ1) is 9.71. The van der Waals surface area contributed by atoms with E-state index in [9.17, 15) is 0 Å². The Morgan fingerprint density at radius 3 is 2.65 bits per heavy atom. The summed E-state index contributed by atoms with van der Waals surface area (Å²) < 4.78 is 5.47. The maximum atomic E-state index is 5.47. The molecule has 0 amide bonds. The van der Waals surface area contributed by atoms with Crippen LogP contribution in [0.15, 0.2) is 24.3 Å². The quantitative estimate of drug-likeness (QED) is 0.924. The molecule has 4 nitrogen and oxygen atoms in total. The average molecular weight is 269 g/mol. The van der Waals surface area contributed by atoms with Crippen LogP contribution in [0.1, 0.15) is 30.0 Å². The smallest absolute Gasteiger partial charge is 0.165 e. The molecule has 2 aromatic rings. The molecule has 1 fully saturated rings. The SMILES string of the molecule is CNc1cc(C2CC2)nc(-c2ccc(C)cc2OC)n1. The summed E-state index contributed by atoms with van der Waals surface area (Å²) >= 11 is 0. The second-order valence-corrected chi connectivity index (χ2v) is 5.23. The fourth-order valence-electron chi connectivity index (χ4n) is 2.29. The number of hydrogen-bond acceptors (Lipinski definition) is 4. The predicted molar refractivity (Wildman–Crippen MR) is 80.3 cm³/mol. The molecule has 0 spiro atoms. The second kappa shape index (κ2) is 5.12. The Hall–Kier alpha value is -2.10. The van der Waals surface area contributed by atoms with E-state index in [-0.39, 0.29) is 0 Å². The zero-order valence-electron chi connectivity index (χ0n) is 12.1. The normalized spacial score (nSPS) is 14.2. The molecule has 1 N–H and O–H groups in total. The Morgan fingerprint density at radius 2 is 2.00 bits per heavy atom. The molecule has 1 aromatic carbocycles. The monoisotopic (exact) mass is 269 g/mol. The molecule has 0 unspecified atom stereocenters. The van der Waals surface area contributed by atoms with E-state index in [1.54, 1.807) is 7.11 Å². The molecule has 20 heavy (non-hydrogen) atoms. The molecule has 0 aliphatic heterocycles. The molecule has 1 aromatic heterocycles. The highest BCUT2D eigenvalue weighted by Gasteiger charge is 2.26. The molecular formula is C16H19N3O. The van der Waals surface area contributed by atoms with E-state index in [4.69, 9.17) is 9.72 Å². The van der Waals surface area contributed by atoms with Gasteiger partial charge in [-0.15, -0.1) is 0 Å². The van der Waals surface area contributed by atoms with Gasteiger partial charge in [-0.05, 0) is 37.5 Å². The van der Waals surface area contributed by atoms with Gasteiger partial charge in [0.05, 0.1) is 12.7 Å². The Kier molecular flexibility index (Phi) is 3.30. The molecule has 0 radical (unpaired) electrons. The van der Waals surface area contributed by atoms with Crippen LogP contribution in [0.2, 0.25) is 0 Å². The van der Waals surface area contributed by atoms with Crippen LogP contribution < -0.4 is 10.1 Å². The van der Waals surface area contributed by atoms with Crippen molar-refractivity contribution in [2.75, 3.05) is 19.5 Å². The number of aromatic nitrogens is 2. The highest BCUT2D eigenvalue weighted by atomic mass is 16.5. The third-order valence-corrected chi connectivity index (χ3v) is 3.60. The van der Waals surface area contributed by atoms with E-state index in [1.165, 1.54) is 12.8 Å². The van der Waals surface area contributed by atoms with Gasteiger partial charge in [0.1, 0.15) is 11.6 Å². The summed E-state index contributed by atoms with van der Waals surface area (Å²) in [5, 5.41) is 3.12. The van der Waals surface area contributed by atoms with Gasteiger partial charge in [0.25, 0.3) is 0 Å². The molecule has 1 saturated carbocycles. The molecule has 0 saturated heterocycles. The second-order valence-electron chi connectivity index (χ2n) is 5.23. The predicted octanol–water partition coefficient (Wildman–Crippen LogP) is 3.38. The van der Waals surface area contributed by atoms with Crippen molar-refractivity contribution in [2.45, 2.75) is 25.7 Å². The summed E-state index contributed by atoms with van der Waals surface area (Å²) in [6.45, 7) is 2.05. The number of ether oxygens (including phenoxy) is 1. The Bertz CT molecular complexity index is 636. The van der Waals surface area contributed by atoms with Gasteiger partial charge in [-0.1, -0.05) is 6.07 Å². The molecule has 4 heteroatoms. The maximum Gasteiger partial charge on any atom is 0.165 e. The van der Waals surface area contributed by atoms with Gasteiger partial charge in [-0.3, -0.25) is 0 Å². The van der Waals surface area contributed by atoms with E-state index in [0.717, 1.165) is 34.2 Å². The number of aryl methyl sites for hydroxylation is 1. The highest BCUT2D eigenvalue weighted by Crippen LogP contribution is 2.40. The lowest BCUT2D eigenvalue weighted by Crippen LogP contribution is -2.01. The number of anilines is 1. The number of nitrogens with zero attached hydrogens (tertiary/aromatic N) is 2. The van der Waals surface area contributed by atoms with Crippen LogP contribution in [0, 0.1) is 6.92 Å². The fraction of sp³-hybridized carbons (Fsp3) is 0.375. The lowest BCUT2D eigenvalue weighted by atomic mass is 10.1. The van der Waals surface area contributed by atoms with E-state index in [0.29, 0.717) is 5.92 Å². The van der Waals surface area contributed by atoms with Crippen molar-refractivity contribution in [3.8, 4) is 17.1 Å². The molecule has 0 bridgehead atoms. The van der Waals surface area contributed by atoms with Crippen molar-refractivity contribution in [3.05, 3.63) is 35.5 Å². The standard InChI is InChI=1S/C16H19N3O/c1-10-4-7-12(14(8-10)20-3)16-18-13(11-5-6-11)9-15(17-2)19-16/h4,7-9,11H,5-6H2,1-3H3,(H,17,18,19). The average Bonchev–Trinajstić information content (AvgIpc) is 3.31. The third-order valence-electron chi connectivity index (χ3n) is 3.60. The zero-order valence-corrected chi connectivity index (χ0v) is 12.1. The molecule has 1 heterocycles. The third kappa shape index (κ3) is 2.46. The van der Waals surface area contributed by atoms with Crippen molar-refractivity contribution in [2.24, 2.45) is 0 Å². The van der Waals surface area contributed by atoms with E-state index in [2.05, 4.69) is 16.4 Å². The lowest BCUT2D eigenvalue weighted by Gasteiger charge is -2.11. The van der Waals surface area contributed by atoms with Crippen LogP contribution in [0.4, 0.5) is 5.82 Å². The van der Waals surface area contributed by atoms with Gasteiger partial charge in [0.2, 0.25) is 0 Å². The first kappa shape index (κ1) is 12.9. The summed E-state index contributed by atoms with van der Waals surface area (Å²) in [6, 6.07) is 8.15. The minimum Gasteiger partial charge on any atom is -0.496 e. The lowest BCUT2D eigenvalue weighted by molar-refractivity contribution is 0.416. The minimum absolute atomic E-state index is 0.597.